The Morgan fingerprint density at radius 1 is 0.788 bits per heavy atom. The summed E-state index contributed by atoms with van der Waals surface area (Å²) < 4.78 is 91.6. The molecule has 3 rings (SSSR count). The molecule has 0 bridgehead atoms. The van der Waals surface area contributed by atoms with E-state index in [1.807, 2.05) is 0 Å². The summed E-state index contributed by atoms with van der Waals surface area (Å²) in [6, 6.07) is 11.9. The van der Waals surface area contributed by atoms with Crippen molar-refractivity contribution in [3.8, 4) is 5.75 Å². The van der Waals surface area contributed by atoms with Gasteiger partial charge in [0.15, 0.2) is 9.84 Å². The summed E-state index contributed by atoms with van der Waals surface area (Å²) in [5.41, 5.74) is -0.286. The predicted octanol–water partition coefficient (Wildman–Crippen LogP) is 2.80. The first-order chi connectivity index (χ1) is 15.3. The zero-order chi connectivity index (χ0) is 24.4. The van der Waals surface area contributed by atoms with Crippen LogP contribution in [0.2, 0.25) is 0 Å². The number of hydrogen-bond donors (Lipinski definition) is 3. The Labute approximate surface area is 188 Å². The van der Waals surface area contributed by atoms with Gasteiger partial charge in [-0.25, -0.2) is 12.6 Å². The van der Waals surface area contributed by atoms with E-state index in [1.165, 1.54) is 12.1 Å². The van der Waals surface area contributed by atoms with Crippen molar-refractivity contribution < 1.29 is 43.6 Å². The number of benzene rings is 3. The average molecular weight is 517 g/mol. The Morgan fingerprint density at radius 2 is 1.42 bits per heavy atom. The Hall–Kier alpha value is -2.95. The summed E-state index contributed by atoms with van der Waals surface area (Å²) in [4.78, 5) is -1.18. The van der Waals surface area contributed by atoms with Gasteiger partial charge in [0.25, 0.3) is 10.1 Å². The largest absolute Gasteiger partial charge is 0.507 e. The minimum atomic E-state index is -4.85. The van der Waals surface area contributed by atoms with Crippen molar-refractivity contribution in [2.24, 2.45) is 10.2 Å². The van der Waals surface area contributed by atoms with E-state index in [2.05, 4.69) is 14.4 Å². The smallest absolute Gasteiger partial charge is 0.397 e. The molecule has 0 amide bonds. The van der Waals surface area contributed by atoms with Gasteiger partial charge in [-0.1, -0.05) is 24.3 Å². The van der Waals surface area contributed by atoms with Crippen molar-refractivity contribution in [1.29, 1.82) is 0 Å². The number of sulfone groups is 1. The number of hydrogen-bond acceptors (Lipinski definition) is 10. The minimum absolute atomic E-state index is 0.0246. The standard InChI is InChI=1S/C18H16N2O10S3/c21-17-7-6-15(13-3-1-2-4-14(13)17)19-20-16-11-12(5-8-18(16)32(24,25)26)31(22,23)10-9-30-33(27,28)29/h1-8,11,21H,9-10H2,(H,24,25,26)(H,27,28,29). The second-order valence-corrected chi connectivity index (χ2v) is 11.1. The second-order valence-electron chi connectivity index (χ2n) is 6.52. The summed E-state index contributed by atoms with van der Waals surface area (Å²) in [6.07, 6.45) is 0. The van der Waals surface area contributed by atoms with Gasteiger partial charge >= 0.3 is 10.4 Å². The molecule has 0 aliphatic carbocycles. The highest BCUT2D eigenvalue weighted by atomic mass is 32.3. The first-order valence-electron chi connectivity index (χ1n) is 8.86. The van der Waals surface area contributed by atoms with Crippen LogP contribution >= 0.6 is 0 Å². The molecule has 33 heavy (non-hydrogen) atoms. The van der Waals surface area contributed by atoms with Crippen LogP contribution in [0.5, 0.6) is 5.75 Å². The Bertz CT molecular complexity index is 1560. The number of fused-ring (bicyclic) bond motifs is 1. The minimum Gasteiger partial charge on any atom is -0.507 e. The molecule has 0 unspecified atom stereocenters. The molecule has 3 N–H and O–H groups in total. The summed E-state index contributed by atoms with van der Waals surface area (Å²) in [5.74, 6) is -0.889. The lowest BCUT2D eigenvalue weighted by molar-refractivity contribution is 0.284. The highest BCUT2D eigenvalue weighted by Gasteiger charge is 2.22. The van der Waals surface area contributed by atoms with Crippen LogP contribution in [0, 0.1) is 0 Å². The number of rotatable bonds is 8. The first kappa shape index (κ1) is 24.7. The van der Waals surface area contributed by atoms with Gasteiger partial charge in [0.2, 0.25) is 0 Å². The third-order valence-corrected chi connectivity index (χ3v) is 7.34. The van der Waals surface area contributed by atoms with Gasteiger partial charge in [-0.05, 0) is 30.3 Å². The fourth-order valence-corrected chi connectivity index (χ4v) is 4.92. The molecule has 0 radical (unpaired) electrons. The molecule has 0 saturated carbocycles. The van der Waals surface area contributed by atoms with Gasteiger partial charge in [-0.3, -0.25) is 9.11 Å². The molecule has 176 valence electrons. The molecule has 0 fully saturated rings. The number of phenolic OH excluding ortho intramolecular Hbond substituents is 1. The summed E-state index contributed by atoms with van der Waals surface area (Å²) >= 11 is 0. The van der Waals surface area contributed by atoms with Gasteiger partial charge in [0.05, 0.1) is 22.9 Å². The van der Waals surface area contributed by atoms with Gasteiger partial charge in [0.1, 0.15) is 16.3 Å². The van der Waals surface area contributed by atoms with Crippen LogP contribution in [0.25, 0.3) is 10.8 Å². The first-order valence-corrected chi connectivity index (χ1v) is 13.3. The van der Waals surface area contributed by atoms with Crippen LogP contribution in [0.1, 0.15) is 0 Å². The number of nitrogens with zero attached hydrogens (tertiary/aromatic N) is 2. The Balaban J connectivity index is 2.05. The van der Waals surface area contributed by atoms with Crippen LogP contribution in [-0.2, 0) is 34.5 Å². The maximum Gasteiger partial charge on any atom is 0.397 e. The summed E-state index contributed by atoms with van der Waals surface area (Å²) in [5, 5.41) is 18.6. The van der Waals surface area contributed by atoms with E-state index in [-0.39, 0.29) is 11.4 Å². The van der Waals surface area contributed by atoms with Gasteiger partial charge < -0.3 is 5.11 Å². The maximum absolute atomic E-state index is 12.4. The molecule has 0 saturated heterocycles. The van der Waals surface area contributed by atoms with E-state index >= 15 is 0 Å². The lowest BCUT2D eigenvalue weighted by Crippen LogP contribution is -2.15. The van der Waals surface area contributed by atoms with Gasteiger partial charge in [-0.2, -0.15) is 16.8 Å². The Kier molecular flexibility index (Phi) is 6.83. The van der Waals surface area contributed by atoms with Crippen molar-refractivity contribution in [2.75, 3.05) is 12.4 Å². The van der Waals surface area contributed by atoms with Crippen LogP contribution in [0.15, 0.2) is 74.6 Å². The third-order valence-electron chi connectivity index (χ3n) is 4.30. The van der Waals surface area contributed by atoms with E-state index in [9.17, 15) is 34.9 Å². The normalized spacial score (nSPS) is 13.0. The SMILES string of the molecule is O=S(=O)(O)OCCS(=O)(=O)c1ccc(S(=O)(=O)O)c(N=Nc2ccc(O)c3ccccc23)c1. The molecule has 0 aliphatic rings. The number of phenols is 1. The molecule has 0 atom stereocenters. The molecular formula is C18H16N2O10S3. The van der Waals surface area contributed by atoms with Crippen molar-refractivity contribution in [2.45, 2.75) is 9.79 Å². The Morgan fingerprint density at radius 3 is 2.06 bits per heavy atom. The molecule has 0 aromatic heterocycles. The monoisotopic (exact) mass is 516 g/mol. The number of aromatic hydroxyl groups is 1. The van der Waals surface area contributed by atoms with E-state index in [4.69, 9.17) is 4.55 Å². The van der Waals surface area contributed by atoms with Crippen LogP contribution in [0.3, 0.4) is 0 Å². The van der Waals surface area contributed by atoms with E-state index in [0.717, 1.165) is 18.2 Å². The van der Waals surface area contributed by atoms with Crippen molar-refractivity contribution in [1.82, 2.24) is 0 Å². The maximum atomic E-state index is 12.4. The lowest BCUT2D eigenvalue weighted by atomic mass is 10.1. The van der Waals surface area contributed by atoms with E-state index in [0.29, 0.717) is 10.8 Å². The predicted molar refractivity (Wildman–Crippen MR) is 116 cm³/mol. The quantitative estimate of drug-likeness (QED) is 0.295. The zero-order valence-corrected chi connectivity index (χ0v) is 18.9. The summed E-state index contributed by atoms with van der Waals surface area (Å²) in [6.45, 7) is -0.891. The molecule has 3 aromatic rings. The highest BCUT2D eigenvalue weighted by Crippen LogP contribution is 2.35. The fourth-order valence-electron chi connectivity index (χ4n) is 2.82. The van der Waals surface area contributed by atoms with Crippen LogP contribution in [-0.4, -0.2) is 51.8 Å². The molecule has 3 aromatic carbocycles. The van der Waals surface area contributed by atoms with E-state index < -0.39 is 58.2 Å². The van der Waals surface area contributed by atoms with Crippen molar-refractivity contribution in [3.05, 3.63) is 54.6 Å². The van der Waals surface area contributed by atoms with Crippen molar-refractivity contribution in [3.63, 3.8) is 0 Å². The molecule has 0 aliphatic heterocycles. The van der Waals surface area contributed by atoms with Crippen LogP contribution < -0.4 is 0 Å². The number of azo groups is 1. The third kappa shape index (κ3) is 6.10. The topological polar surface area (TPSA) is 197 Å². The zero-order valence-electron chi connectivity index (χ0n) is 16.4. The molecule has 12 nitrogen and oxygen atoms in total. The molecule has 0 spiro atoms. The molecular weight excluding hydrogens is 500 g/mol. The average Bonchev–Trinajstić information content (AvgIpc) is 2.71. The fraction of sp³-hybridized carbons (Fsp3) is 0.111. The van der Waals surface area contributed by atoms with Gasteiger partial charge in [-0.15, -0.1) is 10.2 Å². The second kappa shape index (κ2) is 9.12. The highest BCUT2D eigenvalue weighted by molar-refractivity contribution is 7.91. The van der Waals surface area contributed by atoms with Crippen molar-refractivity contribution >= 4 is 52.5 Å². The lowest BCUT2D eigenvalue weighted by Gasteiger charge is -2.08. The van der Waals surface area contributed by atoms with Gasteiger partial charge in [0, 0.05) is 10.8 Å². The molecule has 15 heteroatoms. The van der Waals surface area contributed by atoms with Crippen LogP contribution in [0.4, 0.5) is 11.4 Å². The summed E-state index contributed by atoms with van der Waals surface area (Å²) in [7, 11) is -13.9. The molecule has 0 heterocycles. The van der Waals surface area contributed by atoms with E-state index in [1.54, 1.807) is 24.3 Å².